The normalized spacial score (nSPS) is 12.2. The van der Waals surface area contributed by atoms with Crippen LogP contribution in [0.3, 0.4) is 0 Å². The van der Waals surface area contributed by atoms with Gasteiger partial charge in [-0.2, -0.15) is 0 Å². The maximum Gasteiger partial charge on any atom is 0.220 e. The fourth-order valence-corrected chi connectivity index (χ4v) is 2.07. The highest BCUT2D eigenvalue weighted by molar-refractivity contribution is 5.76. The third-order valence-corrected chi connectivity index (χ3v) is 3.10. The molecule has 1 heterocycles. The molecule has 5 heteroatoms. The fourth-order valence-electron chi connectivity index (χ4n) is 2.07. The van der Waals surface area contributed by atoms with Crippen molar-refractivity contribution in [2.75, 3.05) is 0 Å². The number of aromatic nitrogens is 2. The van der Waals surface area contributed by atoms with E-state index in [0.29, 0.717) is 6.42 Å². The number of amides is 1. The zero-order valence-corrected chi connectivity index (χ0v) is 11.6. The molecule has 1 amide bonds. The van der Waals surface area contributed by atoms with Gasteiger partial charge < -0.3 is 9.88 Å². The van der Waals surface area contributed by atoms with E-state index in [0.717, 1.165) is 17.8 Å². The molecule has 20 heavy (non-hydrogen) atoms. The van der Waals surface area contributed by atoms with Crippen LogP contribution in [0.25, 0.3) is 0 Å². The zero-order chi connectivity index (χ0) is 14.5. The first kappa shape index (κ1) is 14.2. The Hall–Kier alpha value is -2.17. The number of carbonyl (C=O) groups excluding carboxylic acids is 1. The van der Waals surface area contributed by atoms with Crippen LogP contribution >= 0.6 is 0 Å². The highest BCUT2D eigenvalue weighted by Gasteiger charge is 2.20. The molecule has 0 radical (unpaired) electrons. The van der Waals surface area contributed by atoms with Gasteiger partial charge in [-0.15, -0.1) is 0 Å². The average Bonchev–Trinajstić information content (AvgIpc) is 2.84. The number of nitrogens with one attached hydrogen (secondary N) is 1. The summed E-state index contributed by atoms with van der Waals surface area (Å²) in [4.78, 5) is 16.2. The van der Waals surface area contributed by atoms with Gasteiger partial charge in [-0.25, -0.2) is 9.37 Å². The Kier molecular flexibility index (Phi) is 4.50. The van der Waals surface area contributed by atoms with Gasteiger partial charge in [0.05, 0.1) is 0 Å². The molecule has 0 saturated carbocycles. The van der Waals surface area contributed by atoms with Crippen molar-refractivity contribution in [2.24, 2.45) is 7.05 Å². The minimum Gasteiger partial charge on any atom is -0.342 e. The Balaban J connectivity index is 2.31. The lowest BCUT2D eigenvalue weighted by Gasteiger charge is -2.19. The van der Waals surface area contributed by atoms with Crippen LogP contribution in [0.1, 0.15) is 37.2 Å². The van der Waals surface area contributed by atoms with Crippen molar-refractivity contribution in [1.29, 1.82) is 0 Å². The molecule has 106 valence electrons. The summed E-state index contributed by atoms with van der Waals surface area (Å²) < 4.78 is 14.9. The standard InChI is InChI=1S/C15H18FN3O/c1-3-4-13(20)18-14(15-17-9-10-19(15)2)11-5-7-12(16)8-6-11/h5-10,14H,3-4H2,1-2H3,(H,18,20). The highest BCUT2D eigenvalue weighted by Crippen LogP contribution is 2.21. The molecule has 1 N–H and O–H groups in total. The summed E-state index contributed by atoms with van der Waals surface area (Å²) in [6.45, 7) is 1.95. The Morgan fingerprint density at radius 3 is 2.65 bits per heavy atom. The van der Waals surface area contributed by atoms with Gasteiger partial charge in [0, 0.05) is 25.9 Å². The molecule has 1 aromatic heterocycles. The van der Waals surface area contributed by atoms with E-state index in [2.05, 4.69) is 10.3 Å². The second-order valence-electron chi connectivity index (χ2n) is 4.70. The number of imidazole rings is 1. The van der Waals surface area contributed by atoms with Crippen LogP contribution in [0.5, 0.6) is 0 Å². The van der Waals surface area contributed by atoms with E-state index in [1.165, 1.54) is 12.1 Å². The summed E-state index contributed by atoms with van der Waals surface area (Å²) in [5, 5.41) is 2.95. The summed E-state index contributed by atoms with van der Waals surface area (Å²) >= 11 is 0. The number of hydrogen-bond acceptors (Lipinski definition) is 2. The Labute approximate surface area is 117 Å². The third-order valence-electron chi connectivity index (χ3n) is 3.10. The molecule has 0 fully saturated rings. The molecule has 4 nitrogen and oxygen atoms in total. The molecule has 1 aromatic carbocycles. The molecular weight excluding hydrogens is 257 g/mol. The Morgan fingerprint density at radius 1 is 1.40 bits per heavy atom. The van der Waals surface area contributed by atoms with Gasteiger partial charge in [-0.05, 0) is 24.1 Å². The van der Waals surface area contributed by atoms with Crippen LogP contribution in [0, 0.1) is 5.82 Å². The summed E-state index contributed by atoms with van der Waals surface area (Å²) in [6.07, 6.45) is 4.74. The summed E-state index contributed by atoms with van der Waals surface area (Å²) in [7, 11) is 1.87. The lowest BCUT2D eigenvalue weighted by atomic mass is 10.1. The molecule has 1 unspecified atom stereocenters. The summed E-state index contributed by atoms with van der Waals surface area (Å²) in [5.74, 6) is 0.387. The summed E-state index contributed by atoms with van der Waals surface area (Å²) in [5.41, 5.74) is 0.810. The first-order valence-corrected chi connectivity index (χ1v) is 6.64. The number of benzene rings is 1. The van der Waals surface area contributed by atoms with E-state index < -0.39 is 0 Å². The Bertz CT molecular complexity index is 577. The van der Waals surface area contributed by atoms with Crippen LogP contribution in [-0.2, 0) is 11.8 Å². The number of aryl methyl sites for hydroxylation is 1. The molecule has 0 aliphatic carbocycles. The van der Waals surface area contributed by atoms with Crippen molar-refractivity contribution in [3.63, 3.8) is 0 Å². The SMILES string of the molecule is CCCC(=O)NC(c1ccc(F)cc1)c1nccn1C. The average molecular weight is 275 g/mol. The lowest BCUT2D eigenvalue weighted by Crippen LogP contribution is -2.30. The minimum absolute atomic E-state index is 0.0372. The van der Waals surface area contributed by atoms with Crippen molar-refractivity contribution in [3.8, 4) is 0 Å². The number of carbonyl (C=O) groups is 1. The van der Waals surface area contributed by atoms with Gasteiger partial charge in [0.25, 0.3) is 0 Å². The molecule has 0 spiro atoms. The molecular formula is C15H18FN3O. The van der Waals surface area contributed by atoms with E-state index in [4.69, 9.17) is 0 Å². The third kappa shape index (κ3) is 3.23. The zero-order valence-electron chi connectivity index (χ0n) is 11.6. The molecule has 0 bridgehead atoms. The quantitative estimate of drug-likeness (QED) is 0.911. The first-order valence-electron chi connectivity index (χ1n) is 6.64. The topological polar surface area (TPSA) is 46.9 Å². The number of halogens is 1. The van der Waals surface area contributed by atoms with Crippen LogP contribution < -0.4 is 5.32 Å². The number of hydrogen-bond donors (Lipinski definition) is 1. The van der Waals surface area contributed by atoms with Crippen LogP contribution in [-0.4, -0.2) is 15.5 Å². The number of rotatable bonds is 5. The van der Waals surface area contributed by atoms with Gasteiger partial charge in [0.15, 0.2) is 0 Å². The fraction of sp³-hybridized carbons (Fsp3) is 0.333. The largest absolute Gasteiger partial charge is 0.342 e. The van der Waals surface area contributed by atoms with E-state index in [1.807, 2.05) is 24.7 Å². The second-order valence-corrected chi connectivity index (χ2v) is 4.70. The van der Waals surface area contributed by atoms with Crippen LogP contribution in [0.2, 0.25) is 0 Å². The number of nitrogens with zero attached hydrogens (tertiary/aromatic N) is 2. The minimum atomic E-state index is -0.366. The smallest absolute Gasteiger partial charge is 0.220 e. The van der Waals surface area contributed by atoms with Gasteiger partial charge in [-0.1, -0.05) is 19.1 Å². The van der Waals surface area contributed by atoms with Gasteiger partial charge in [-0.3, -0.25) is 4.79 Å². The second kappa shape index (κ2) is 6.32. The van der Waals surface area contributed by atoms with Crippen LogP contribution in [0.15, 0.2) is 36.7 Å². The van der Waals surface area contributed by atoms with E-state index in [-0.39, 0.29) is 17.8 Å². The predicted octanol–water partition coefficient (Wildman–Crippen LogP) is 2.56. The predicted molar refractivity (Wildman–Crippen MR) is 74.5 cm³/mol. The van der Waals surface area contributed by atoms with E-state index >= 15 is 0 Å². The lowest BCUT2D eigenvalue weighted by molar-refractivity contribution is -0.121. The molecule has 0 saturated heterocycles. The van der Waals surface area contributed by atoms with Crippen molar-refractivity contribution >= 4 is 5.91 Å². The van der Waals surface area contributed by atoms with Gasteiger partial charge >= 0.3 is 0 Å². The van der Waals surface area contributed by atoms with E-state index in [1.54, 1.807) is 18.3 Å². The first-order chi connectivity index (χ1) is 9.61. The maximum absolute atomic E-state index is 13.0. The van der Waals surface area contributed by atoms with Gasteiger partial charge in [0.2, 0.25) is 5.91 Å². The molecule has 0 aliphatic rings. The molecule has 1 atom stereocenters. The molecule has 2 aromatic rings. The van der Waals surface area contributed by atoms with Crippen molar-refractivity contribution in [3.05, 3.63) is 53.9 Å². The highest BCUT2D eigenvalue weighted by atomic mass is 19.1. The molecule has 0 aliphatic heterocycles. The van der Waals surface area contributed by atoms with Crippen molar-refractivity contribution in [2.45, 2.75) is 25.8 Å². The summed E-state index contributed by atoms with van der Waals surface area (Å²) in [6, 6.07) is 5.74. The van der Waals surface area contributed by atoms with Gasteiger partial charge in [0.1, 0.15) is 17.7 Å². The maximum atomic E-state index is 13.0. The van der Waals surface area contributed by atoms with Crippen molar-refractivity contribution in [1.82, 2.24) is 14.9 Å². The van der Waals surface area contributed by atoms with Crippen molar-refractivity contribution < 1.29 is 9.18 Å². The Morgan fingerprint density at radius 2 is 2.10 bits per heavy atom. The van der Waals surface area contributed by atoms with E-state index in [9.17, 15) is 9.18 Å². The monoisotopic (exact) mass is 275 g/mol. The van der Waals surface area contributed by atoms with Crippen LogP contribution in [0.4, 0.5) is 4.39 Å². The molecule has 2 rings (SSSR count).